The molecule has 5 nitrogen and oxygen atoms in total. The lowest BCUT2D eigenvalue weighted by Gasteiger charge is -2.15. The van der Waals surface area contributed by atoms with Crippen LogP contribution in [0.3, 0.4) is 0 Å². The van der Waals surface area contributed by atoms with Crippen LogP contribution < -0.4 is 15.2 Å². The molecule has 96 valence electrons. The molecule has 0 spiro atoms. The number of hydrogen-bond acceptors (Lipinski definition) is 6. The number of benzene rings is 1. The summed E-state index contributed by atoms with van der Waals surface area (Å²) in [6.45, 7) is 1.74. The van der Waals surface area contributed by atoms with Gasteiger partial charge in [-0.3, -0.25) is 0 Å². The topological polar surface area (TPSA) is 70.3 Å². The highest BCUT2D eigenvalue weighted by molar-refractivity contribution is 7.80. The van der Waals surface area contributed by atoms with Gasteiger partial charge in [0, 0.05) is 4.90 Å². The highest BCUT2D eigenvalue weighted by Crippen LogP contribution is 2.46. The number of hydrogen-bond donors (Lipinski definition) is 2. The number of nitrogens with zero attached hydrogens (tertiary/aromatic N) is 2. The lowest BCUT2D eigenvalue weighted by atomic mass is 10.2. The number of ether oxygens (including phenoxy) is 2. The first kappa shape index (κ1) is 13.0. The number of nitrogens with two attached hydrogens (primary N) is 1. The smallest absolute Gasteiger partial charge is 0.189 e. The first-order valence-electron chi connectivity index (χ1n) is 5.07. The summed E-state index contributed by atoms with van der Waals surface area (Å²) >= 11 is 10.5. The van der Waals surface area contributed by atoms with E-state index in [-0.39, 0.29) is 0 Å². The van der Waals surface area contributed by atoms with E-state index in [1.54, 1.807) is 6.92 Å². The quantitative estimate of drug-likeness (QED) is 0.830. The van der Waals surface area contributed by atoms with Crippen molar-refractivity contribution in [2.75, 3.05) is 20.0 Å². The van der Waals surface area contributed by atoms with Gasteiger partial charge in [0.15, 0.2) is 11.5 Å². The summed E-state index contributed by atoms with van der Waals surface area (Å²) in [6.07, 6.45) is 0. The van der Waals surface area contributed by atoms with Crippen molar-refractivity contribution in [3.8, 4) is 11.5 Å². The predicted molar refractivity (Wildman–Crippen MR) is 74.1 cm³/mol. The molecule has 1 aromatic carbocycles. The van der Waals surface area contributed by atoms with Gasteiger partial charge in [-0.25, -0.2) is 9.97 Å². The Bertz CT molecular complexity index is 634. The van der Waals surface area contributed by atoms with Crippen LogP contribution in [-0.4, -0.2) is 24.2 Å². The number of rotatable bonds is 2. The molecular formula is C11H12ClN3O2S. The second-order valence-corrected chi connectivity index (χ2v) is 4.43. The van der Waals surface area contributed by atoms with E-state index in [4.69, 9.17) is 26.8 Å². The van der Waals surface area contributed by atoms with Gasteiger partial charge in [-0.2, -0.15) is 0 Å². The van der Waals surface area contributed by atoms with Crippen molar-refractivity contribution in [3.63, 3.8) is 0 Å². The molecule has 0 saturated carbocycles. The summed E-state index contributed by atoms with van der Waals surface area (Å²) < 4.78 is 10.5. The molecule has 1 aromatic heterocycles. The van der Waals surface area contributed by atoms with Crippen LogP contribution in [-0.2, 0) is 0 Å². The molecule has 2 N–H and O–H groups in total. The van der Waals surface area contributed by atoms with Gasteiger partial charge in [-0.05, 0) is 6.92 Å². The van der Waals surface area contributed by atoms with Gasteiger partial charge in [-0.1, -0.05) is 11.6 Å². The highest BCUT2D eigenvalue weighted by atomic mass is 35.5. The minimum absolute atomic E-state index is 0.311. The van der Waals surface area contributed by atoms with Gasteiger partial charge < -0.3 is 15.2 Å². The molecule has 0 radical (unpaired) electrons. The van der Waals surface area contributed by atoms with Crippen LogP contribution in [0, 0.1) is 6.92 Å². The molecule has 0 bridgehead atoms. The molecule has 0 aliphatic rings. The van der Waals surface area contributed by atoms with Crippen LogP contribution in [0.2, 0.25) is 5.02 Å². The van der Waals surface area contributed by atoms with Crippen LogP contribution in [0.1, 0.15) is 5.82 Å². The maximum absolute atomic E-state index is 6.18. The van der Waals surface area contributed by atoms with E-state index in [0.29, 0.717) is 44.0 Å². The largest absolute Gasteiger partial charge is 0.491 e. The normalized spacial score (nSPS) is 10.7. The van der Waals surface area contributed by atoms with Gasteiger partial charge in [0.25, 0.3) is 0 Å². The maximum atomic E-state index is 6.18. The molecule has 18 heavy (non-hydrogen) atoms. The molecule has 1 heterocycles. The van der Waals surface area contributed by atoms with Crippen LogP contribution in [0.5, 0.6) is 11.5 Å². The van der Waals surface area contributed by atoms with Gasteiger partial charge in [0.05, 0.1) is 19.6 Å². The fraction of sp³-hybridized carbons (Fsp3) is 0.273. The Kier molecular flexibility index (Phi) is 3.41. The van der Waals surface area contributed by atoms with Crippen molar-refractivity contribution < 1.29 is 9.47 Å². The van der Waals surface area contributed by atoms with E-state index in [1.165, 1.54) is 14.2 Å². The lowest BCUT2D eigenvalue weighted by molar-refractivity contribution is 0.357. The second kappa shape index (κ2) is 4.70. The van der Waals surface area contributed by atoms with E-state index >= 15 is 0 Å². The van der Waals surface area contributed by atoms with Crippen LogP contribution in [0.4, 0.5) is 5.82 Å². The average molecular weight is 286 g/mol. The Hall–Kier alpha value is -1.40. The second-order valence-electron chi connectivity index (χ2n) is 3.61. The highest BCUT2D eigenvalue weighted by Gasteiger charge is 2.21. The SMILES string of the molecule is COc1c(Cl)c(S)c2c(N)nc(C)nc2c1OC. The zero-order chi connectivity index (χ0) is 13.4. The molecular weight excluding hydrogens is 274 g/mol. The summed E-state index contributed by atoms with van der Waals surface area (Å²) in [5.74, 6) is 1.66. The van der Waals surface area contributed by atoms with Crippen LogP contribution in [0.25, 0.3) is 10.9 Å². The zero-order valence-electron chi connectivity index (χ0n) is 10.1. The molecule has 0 aliphatic carbocycles. The lowest BCUT2D eigenvalue weighted by Crippen LogP contribution is -2.02. The average Bonchev–Trinajstić information content (AvgIpc) is 2.32. The fourth-order valence-electron chi connectivity index (χ4n) is 1.79. The third-order valence-corrected chi connectivity index (χ3v) is 3.46. The van der Waals surface area contributed by atoms with Gasteiger partial charge in [0.1, 0.15) is 22.2 Å². The van der Waals surface area contributed by atoms with E-state index in [2.05, 4.69) is 22.6 Å². The Morgan fingerprint density at radius 1 is 1.17 bits per heavy atom. The van der Waals surface area contributed by atoms with Crippen molar-refractivity contribution in [2.24, 2.45) is 0 Å². The molecule has 0 fully saturated rings. The van der Waals surface area contributed by atoms with E-state index in [0.717, 1.165) is 0 Å². The third kappa shape index (κ3) is 1.81. The number of halogens is 1. The maximum Gasteiger partial charge on any atom is 0.189 e. The number of nitrogen functional groups attached to an aromatic ring is 1. The number of fused-ring (bicyclic) bond motifs is 1. The standard InChI is InChI=1S/C11H12ClN3O2S/c1-4-14-7-5(11(13)15-4)10(18)6(12)8(16-2)9(7)17-3/h18H,1-3H3,(H2,13,14,15). The summed E-state index contributed by atoms with van der Waals surface area (Å²) in [7, 11) is 3.01. The van der Waals surface area contributed by atoms with E-state index < -0.39 is 0 Å². The Balaban J connectivity index is 3.04. The van der Waals surface area contributed by atoms with Crippen molar-refractivity contribution in [1.29, 1.82) is 0 Å². The minimum Gasteiger partial charge on any atom is -0.491 e. The first-order valence-corrected chi connectivity index (χ1v) is 5.90. The number of aromatic nitrogens is 2. The van der Waals surface area contributed by atoms with Crippen molar-refractivity contribution in [1.82, 2.24) is 9.97 Å². The number of thiol groups is 1. The molecule has 0 amide bonds. The fourth-order valence-corrected chi connectivity index (χ4v) is 2.37. The molecule has 0 aliphatic heterocycles. The number of anilines is 1. The monoisotopic (exact) mass is 285 g/mol. The molecule has 0 atom stereocenters. The minimum atomic E-state index is 0.311. The Morgan fingerprint density at radius 3 is 2.33 bits per heavy atom. The summed E-state index contributed by atoms with van der Waals surface area (Å²) in [4.78, 5) is 8.89. The first-order chi connectivity index (χ1) is 8.51. The van der Waals surface area contributed by atoms with Crippen LogP contribution >= 0.6 is 24.2 Å². The number of aryl methyl sites for hydroxylation is 1. The van der Waals surface area contributed by atoms with Crippen LogP contribution in [0.15, 0.2) is 4.90 Å². The van der Waals surface area contributed by atoms with Crippen molar-refractivity contribution in [3.05, 3.63) is 10.8 Å². The molecule has 2 aromatic rings. The van der Waals surface area contributed by atoms with Crippen molar-refractivity contribution >= 4 is 41.0 Å². The number of methoxy groups -OCH3 is 2. The Labute approximate surface area is 115 Å². The van der Waals surface area contributed by atoms with Crippen molar-refractivity contribution in [2.45, 2.75) is 11.8 Å². The third-order valence-electron chi connectivity index (χ3n) is 2.52. The summed E-state index contributed by atoms with van der Waals surface area (Å²) in [5, 5.41) is 0.885. The summed E-state index contributed by atoms with van der Waals surface area (Å²) in [6, 6.07) is 0. The zero-order valence-corrected chi connectivity index (χ0v) is 11.8. The predicted octanol–water partition coefficient (Wildman–Crippen LogP) is 2.48. The van der Waals surface area contributed by atoms with E-state index in [9.17, 15) is 0 Å². The molecule has 2 rings (SSSR count). The van der Waals surface area contributed by atoms with Gasteiger partial charge >= 0.3 is 0 Å². The van der Waals surface area contributed by atoms with Gasteiger partial charge in [0.2, 0.25) is 0 Å². The van der Waals surface area contributed by atoms with E-state index in [1.807, 2.05) is 0 Å². The molecule has 0 unspecified atom stereocenters. The molecule has 0 saturated heterocycles. The molecule has 7 heteroatoms. The van der Waals surface area contributed by atoms with Gasteiger partial charge in [-0.15, -0.1) is 12.6 Å². The Morgan fingerprint density at radius 2 is 1.78 bits per heavy atom. The summed E-state index contributed by atoms with van der Waals surface area (Å²) in [5.41, 5.74) is 6.42.